The van der Waals surface area contributed by atoms with Crippen LogP contribution in [0.25, 0.3) is 5.57 Å². The lowest BCUT2D eigenvalue weighted by molar-refractivity contribution is 1.31. The van der Waals surface area contributed by atoms with Gasteiger partial charge in [-0.15, -0.1) is 0 Å². The lowest BCUT2D eigenvalue weighted by Gasteiger charge is -1.96. The van der Waals surface area contributed by atoms with Crippen LogP contribution in [0, 0.1) is 11.8 Å². The predicted octanol–water partition coefficient (Wildman–Crippen LogP) is 2.43. The Balaban J connectivity index is 2.39. The van der Waals surface area contributed by atoms with Gasteiger partial charge in [-0.3, -0.25) is 4.98 Å². The summed E-state index contributed by atoms with van der Waals surface area (Å²) < 4.78 is 0. The maximum absolute atomic E-state index is 4.06. The Morgan fingerprint density at radius 1 is 1.38 bits per heavy atom. The van der Waals surface area contributed by atoms with Gasteiger partial charge in [-0.05, 0) is 12.1 Å². The van der Waals surface area contributed by atoms with Crippen molar-refractivity contribution in [3.05, 3.63) is 48.3 Å². The molecule has 13 heavy (non-hydrogen) atoms. The van der Waals surface area contributed by atoms with Gasteiger partial charge in [0.05, 0.1) is 0 Å². The van der Waals surface area contributed by atoms with E-state index in [-0.39, 0.29) is 0 Å². The molecule has 1 aromatic rings. The molecule has 1 heteroatoms. The van der Waals surface area contributed by atoms with E-state index in [4.69, 9.17) is 0 Å². The minimum absolute atomic E-state index is 0.834. The zero-order valence-corrected chi connectivity index (χ0v) is 7.20. The fourth-order valence-corrected chi connectivity index (χ4v) is 1.17. The second-order valence-corrected chi connectivity index (χ2v) is 2.76. The van der Waals surface area contributed by atoms with Crippen LogP contribution in [-0.4, -0.2) is 4.98 Å². The van der Waals surface area contributed by atoms with Gasteiger partial charge in [-0.1, -0.05) is 30.1 Å². The van der Waals surface area contributed by atoms with Gasteiger partial charge in [0.15, 0.2) is 0 Å². The molecule has 0 unspecified atom stereocenters. The fourth-order valence-electron chi connectivity index (χ4n) is 1.17. The quantitative estimate of drug-likeness (QED) is 0.585. The lowest BCUT2D eigenvalue weighted by Crippen LogP contribution is -1.81. The maximum Gasteiger partial charge on any atom is 0.0352 e. The number of hydrogen-bond acceptors (Lipinski definition) is 1. The van der Waals surface area contributed by atoms with Gasteiger partial charge in [-0.25, -0.2) is 0 Å². The summed E-state index contributed by atoms with van der Waals surface area (Å²) in [5.41, 5.74) is 2.13. The van der Waals surface area contributed by atoms with Crippen molar-refractivity contribution >= 4 is 5.57 Å². The van der Waals surface area contributed by atoms with Gasteiger partial charge in [0.1, 0.15) is 0 Å². The Morgan fingerprint density at radius 2 is 2.38 bits per heavy atom. The average molecular weight is 167 g/mol. The predicted molar refractivity (Wildman–Crippen MR) is 53.7 cm³/mol. The molecule has 0 saturated carbocycles. The molecule has 0 spiro atoms. The topological polar surface area (TPSA) is 12.9 Å². The van der Waals surface area contributed by atoms with Crippen LogP contribution < -0.4 is 0 Å². The van der Waals surface area contributed by atoms with Crippen LogP contribution >= 0.6 is 0 Å². The maximum atomic E-state index is 4.06. The minimum atomic E-state index is 0.834. The van der Waals surface area contributed by atoms with E-state index in [0.29, 0.717) is 0 Å². The summed E-state index contributed by atoms with van der Waals surface area (Å²) in [5, 5.41) is 0. The summed E-state index contributed by atoms with van der Waals surface area (Å²) in [7, 11) is 0. The molecular formula is C12H9N. The van der Waals surface area contributed by atoms with Gasteiger partial charge >= 0.3 is 0 Å². The van der Waals surface area contributed by atoms with Gasteiger partial charge in [0.25, 0.3) is 0 Å². The molecule has 0 fully saturated rings. The van der Waals surface area contributed by atoms with Crippen molar-refractivity contribution in [3.8, 4) is 11.8 Å². The molecule has 0 bridgehead atoms. The van der Waals surface area contributed by atoms with Crippen molar-refractivity contribution in [3.63, 3.8) is 0 Å². The highest BCUT2D eigenvalue weighted by molar-refractivity contribution is 5.79. The molecule has 0 aromatic carbocycles. The van der Waals surface area contributed by atoms with E-state index in [9.17, 15) is 0 Å². The van der Waals surface area contributed by atoms with Crippen LogP contribution in [0.5, 0.6) is 0 Å². The number of nitrogens with zero attached hydrogens (tertiary/aromatic N) is 1. The second-order valence-electron chi connectivity index (χ2n) is 2.76. The SMILES string of the molecule is C1#CC(c2cccnc2)=CC=CC1. The number of allylic oxidation sites excluding steroid dienone is 4. The van der Waals surface area contributed by atoms with Crippen LogP contribution in [0.1, 0.15) is 12.0 Å². The molecular weight excluding hydrogens is 158 g/mol. The van der Waals surface area contributed by atoms with E-state index in [0.717, 1.165) is 17.6 Å². The molecule has 0 radical (unpaired) electrons. The van der Waals surface area contributed by atoms with Crippen molar-refractivity contribution in [2.45, 2.75) is 6.42 Å². The zero-order valence-electron chi connectivity index (χ0n) is 7.20. The third kappa shape index (κ3) is 1.86. The standard InChI is InChI=1S/C12H9N/c1-2-4-7-11(6-3-1)12-8-5-9-13-10-12/h1,3,5-6,8-10H,2H2. The highest BCUT2D eigenvalue weighted by Gasteiger charge is 1.96. The van der Waals surface area contributed by atoms with Crippen molar-refractivity contribution in [1.29, 1.82) is 0 Å². The van der Waals surface area contributed by atoms with Gasteiger partial charge in [0, 0.05) is 30.0 Å². The molecule has 1 heterocycles. The Hall–Kier alpha value is -1.81. The number of pyridine rings is 1. The van der Waals surface area contributed by atoms with Crippen molar-refractivity contribution in [1.82, 2.24) is 4.98 Å². The Morgan fingerprint density at radius 3 is 3.23 bits per heavy atom. The molecule has 0 N–H and O–H groups in total. The largest absolute Gasteiger partial charge is 0.264 e. The lowest BCUT2D eigenvalue weighted by atomic mass is 10.1. The summed E-state index contributed by atoms with van der Waals surface area (Å²) in [6.45, 7) is 0. The summed E-state index contributed by atoms with van der Waals surface area (Å²) >= 11 is 0. The van der Waals surface area contributed by atoms with E-state index in [1.54, 1.807) is 6.20 Å². The van der Waals surface area contributed by atoms with Crippen LogP contribution in [0.4, 0.5) is 0 Å². The van der Waals surface area contributed by atoms with Crippen molar-refractivity contribution in [2.24, 2.45) is 0 Å². The first-order chi connectivity index (χ1) is 6.47. The van der Waals surface area contributed by atoms with Crippen LogP contribution in [0.3, 0.4) is 0 Å². The van der Waals surface area contributed by atoms with E-state index in [2.05, 4.69) is 22.9 Å². The molecule has 1 aliphatic carbocycles. The molecule has 1 nitrogen and oxygen atoms in total. The monoisotopic (exact) mass is 167 g/mol. The number of aromatic nitrogens is 1. The van der Waals surface area contributed by atoms with E-state index in [1.807, 2.05) is 30.5 Å². The van der Waals surface area contributed by atoms with E-state index >= 15 is 0 Å². The molecule has 0 saturated heterocycles. The van der Waals surface area contributed by atoms with Crippen LogP contribution in [-0.2, 0) is 0 Å². The third-order valence-corrected chi connectivity index (χ3v) is 1.81. The first-order valence-corrected chi connectivity index (χ1v) is 4.23. The third-order valence-electron chi connectivity index (χ3n) is 1.81. The number of rotatable bonds is 1. The first-order valence-electron chi connectivity index (χ1n) is 4.23. The highest BCUT2D eigenvalue weighted by Crippen LogP contribution is 2.13. The second kappa shape index (κ2) is 3.73. The van der Waals surface area contributed by atoms with Crippen LogP contribution in [0.15, 0.2) is 42.8 Å². The zero-order chi connectivity index (χ0) is 8.93. The number of hydrogen-bond donors (Lipinski definition) is 0. The fraction of sp³-hybridized carbons (Fsp3) is 0.0833. The molecule has 0 amide bonds. The first kappa shape index (κ1) is 7.82. The summed E-state index contributed by atoms with van der Waals surface area (Å²) in [4.78, 5) is 4.06. The van der Waals surface area contributed by atoms with Gasteiger partial charge < -0.3 is 0 Å². The van der Waals surface area contributed by atoms with Crippen molar-refractivity contribution < 1.29 is 0 Å². The summed E-state index contributed by atoms with van der Waals surface area (Å²) in [5.74, 6) is 6.17. The molecule has 2 rings (SSSR count). The molecule has 0 atom stereocenters. The minimum Gasteiger partial charge on any atom is -0.264 e. The Bertz CT molecular complexity index is 402. The molecule has 62 valence electrons. The Labute approximate surface area is 77.8 Å². The van der Waals surface area contributed by atoms with E-state index in [1.165, 1.54) is 0 Å². The normalized spacial score (nSPS) is 14.0. The highest BCUT2D eigenvalue weighted by atomic mass is 14.6. The smallest absolute Gasteiger partial charge is 0.0352 e. The molecule has 1 aliphatic rings. The molecule has 0 aliphatic heterocycles. The summed E-state index contributed by atoms with van der Waals surface area (Å²) in [6.07, 6.45) is 10.5. The van der Waals surface area contributed by atoms with E-state index < -0.39 is 0 Å². The average Bonchev–Trinajstić information content (AvgIpc) is 2.47. The van der Waals surface area contributed by atoms with Gasteiger partial charge in [-0.2, -0.15) is 0 Å². The van der Waals surface area contributed by atoms with Gasteiger partial charge in [0.2, 0.25) is 0 Å². The summed E-state index contributed by atoms with van der Waals surface area (Å²) in [6, 6.07) is 3.94. The Kier molecular flexibility index (Phi) is 2.24. The molecule has 1 aromatic heterocycles. The van der Waals surface area contributed by atoms with Crippen LogP contribution in [0.2, 0.25) is 0 Å². The van der Waals surface area contributed by atoms with Crippen molar-refractivity contribution in [2.75, 3.05) is 0 Å².